The van der Waals surface area contributed by atoms with Gasteiger partial charge in [0.05, 0.1) is 4.90 Å². The van der Waals surface area contributed by atoms with Crippen molar-refractivity contribution in [2.24, 2.45) is 0 Å². The summed E-state index contributed by atoms with van der Waals surface area (Å²) in [6.07, 6.45) is 0.337. The van der Waals surface area contributed by atoms with E-state index in [1.165, 1.54) is 26.2 Å². The topological polar surface area (TPSA) is 116 Å². The van der Waals surface area contributed by atoms with Crippen LogP contribution in [-0.2, 0) is 21.4 Å². The van der Waals surface area contributed by atoms with Gasteiger partial charge in [0, 0.05) is 33.6 Å². The Balaban J connectivity index is 2.53. The number of sulfonamides is 1. The molecule has 1 rings (SSSR count). The summed E-state index contributed by atoms with van der Waals surface area (Å²) < 4.78 is 25.2. The predicted molar refractivity (Wildman–Crippen MR) is 84.4 cm³/mol. The molecule has 0 fully saturated rings. The molecule has 0 aromatic heterocycles. The number of carboxylic acid groups (broad SMARTS) is 1. The molecule has 0 atom stereocenters. The lowest BCUT2D eigenvalue weighted by Crippen LogP contribution is -2.35. The summed E-state index contributed by atoms with van der Waals surface area (Å²) in [6.45, 7) is 0.425. The van der Waals surface area contributed by atoms with Crippen LogP contribution in [0.3, 0.4) is 0 Å². The summed E-state index contributed by atoms with van der Waals surface area (Å²) in [7, 11) is -0.616. The zero-order chi connectivity index (χ0) is 17.5. The smallest absolute Gasteiger partial charge is 0.315 e. The number of carbonyl (C=O) groups is 2. The summed E-state index contributed by atoms with van der Waals surface area (Å²) in [4.78, 5) is 22.0. The average molecular weight is 343 g/mol. The molecule has 8 nitrogen and oxygen atoms in total. The monoisotopic (exact) mass is 343 g/mol. The first-order chi connectivity index (χ1) is 10.7. The van der Waals surface area contributed by atoms with E-state index in [2.05, 4.69) is 10.6 Å². The van der Waals surface area contributed by atoms with E-state index in [1.807, 2.05) is 0 Å². The van der Waals surface area contributed by atoms with Crippen molar-refractivity contribution in [3.05, 3.63) is 29.8 Å². The van der Waals surface area contributed by atoms with Crippen LogP contribution < -0.4 is 10.6 Å². The van der Waals surface area contributed by atoms with Gasteiger partial charge >= 0.3 is 12.0 Å². The van der Waals surface area contributed by atoms with Gasteiger partial charge in [0.2, 0.25) is 10.0 Å². The van der Waals surface area contributed by atoms with Crippen LogP contribution in [0.15, 0.2) is 29.2 Å². The molecular weight excluding hydrogens is 322 g/mol. The van der Waals surface area contributed by atoms with E-state index in [1.54, 1.807) is 12.1 Å². The highest BCUT2D eigenvalue weighted by Gasteiger charge is 2.17. The van der Waals surface area contributed by atoms with Gasteiger partial charge in [-0.25, -0.2) is 17.5 Å². The first kappa shape index (κ1) is 18.9. The standard InChI is InChI=1S/C14H21N3O5S/c1-17(2)23(21,22)12-6-3-5-11(9-12)10-16-14(20)15-8-4-7-13(18)19/h3,5-6,9H,4,7-8,10H2,1-2H3,(H,18,19)(H2,15,16,20). The first-order valence-corrected chi connectivity index (χ1v) is 8.42. The third-order valence-electron chi connectivity index (χ3n) is 2.98. The van der Waals surface area contributed by atoms with E-state index in [4.69, 9.17) is 5.11 Å². The van der Waals surface area contributed by atoms with Gasteiger partial charge in [0.15, 0.2) is 0 Å². The number of carboxylic acids is 1. The Morgan fingerprint density at radius 1 is 1.22 bits per heavy atom. The number of amides is 2. The minimum absolute atomic E-state index is 0.00921. The molecule has 1 aromatic carbocycles. The van der Waals surface area contributed by atoms with E-state index in [0.717, 1.165) is 4.31 Å². The van der Waals surface area contributed by atoms with Crippen molar-refractivity contribution in [2.45, 2.75) is 24.3 Å². The molecule has 0 aliphatic carbocycles. The molecule has 3 N–H and O–H groups in total. The molecule has 23 heavy (non-hydrogen) atoms. The summed E-state index contributed by atoms with van der Waals surface area (Å²) in [5, 5.41) is 13.6. The highest BCUT2D eigenvalue weighted by molar-refractivity contribution is 7.89. The van der Waals surface area contributed by atoms with Crippen LogP contribution in [-0.4, -0.2) is 50.5 Å². The van der Waals surface area contributed by atoms with Crippen molar-refractivity contribution in [1.82, 2.24) is 14.9 Å². The van der Waals surface area contributed by atoms with Crippen molar-refractivity contribution in [2.75, 3.05) is 20.6 Å². The Morgan fingerprint density at radius 2 is 1.91 bits per heavy atom. The molecule has 0 radical (unpaired) electrons. The maximum atomic E-state index is 12.0. The quantitative estimate of drug-likeness (QED) is 0.598. The lowest BCUT2D eigenvalue weighted by Gasteiger charge is -2.12. The number of hydrogen-bond donors (Lipinski definition) is 3. The van der Waals surface area contributed by atoms with Crippen molar-refractivity contribution >= 4 is 22.0 Å². The second kappa shape index (κ2) is 8.49. The molecule has 0 bridgehead atoms. The molecule has 0 heterocycles. The van der Waals surface area contributed by atoms with Crippen LogP contribution in [0.25, 0.3) is 0 Å². The lowest BCUT2D eigenvalue weighted by atomic mass is 10.2. The number of urea groups is 1. The molecule has 0 aliphatic rings. The molecule has 0 aliphatic heterocycles. The Labute approximate surface area is 135 Å². The summed E-state index contributed by atoms with van der Waals surface area (Å²) in [5.41, 5.74) is 0.647. The molecule has 0 saturated heterocycles. The molecule has 0 saturated carbocycles. The SMILES string of the molecule is CN(C)S(=O)(=O)c1cccc(CNC(=O)NCCCC(=O)O)c1. The van der Waals surface area contributed by atoms with Crippen LogP contribution in [0.1, 0.15) is 18.4 Å². The number of nitrogens with zero attached hydrogens (tertiary/aromatic N) is 1. The van der Waals surface area contributed by atoms with Crippen LogP contribution in [0, 0.1) is 0 Å². The van der Waals surface area contributed by atoms with Gasteiger partial charge in [-0.3, -0.25) is 4.79 Å². The number of aliphatic carboxylic acids is 1. The zero-order valence-corrected chi connectivity index (χ0v) is 13.9. The van der Waals surface area contributed by atoms with E-state index in [9.17, 15) is 18.0 Å². The molecule has 128 valence electrons. The predicted octanol–water partition coefficient (Wildman–Crippen LogP) is 0.601. The van der Waals surface area contributed by atoms with Crippen LogP contribution in [0.4, 0.5) is 4.79 Å². The van der Waals surface area contributed by atoms with Gasteiger partial charge in [-0.2, -0.15) is 0 Å². The van der Waals surface area contributed by atoms with Gasteiger partial charge in [-0.15, -0.1) is 0 Å². The van der Waals surface area contributed by atoms with E-state index in [-0.39, 0.29) is 24.4 Å². The van der Waals surface area contributed by atoms with Gasteiger partial charge in [0.1, 0.15) is 0 Å². The highest BCUT2D eigenvalue weighted by atomic mass is 32.2. The maximum Gasteiger partial charge on any atom is 0.315 e. The van der Waals surface area contributed by atoms with Crippen molar-refractivity contribution in [3.63, 3.8) is 0 Å². The fraction of sp³-hybridized carbons (Fsp3) is 0.429. The molecular formula is C14H21N3O5S. The third kappa shape index (κ3) is 6.25. The first-order valence-electron chi connectivity index (χ1n) is 6.98. The highest BCUT2D eigenvalue weighted by Crippen LogP contribution is 2.14. The number of nitrogens with one attached hydrogen (secondary N) is 2. The van der Waals surface area contributed by atoms with Gasteiger partial charge < -0.3 is 15.7 Å². The minimum atomic E-state index is -3.51. The molecule has 0 spiro atoms. The fourth-order valence-corrected chi connectivity index (χ4v) is 2.69. The van der Waals surface area contributed by atoms with Crippen molar-refractivity contribution < 1.29 is 23.1 Å². The fourth-order valence-electron chi connectivity index (χ4n) is 1.71. The Kier molecular flexibility index (Phi) is 6.98. The third-order valence-corrected chi connectivity index (χ3v) is 4.79. The van der Waals surface area contributed by atoms with Crippen LogP contribution >= 0.6 is 0 Å². The maximum absolute atomic E-state index is 12.0. The Morgan fingerprint density at radius 3 is 2.52 bits per heavy atom. The Hall–Kier alpha value is -2.13. The number of carbonyl (C=O) groups excluding carboxylic acids is 1. The van der Waals surface area contributed by atoms with Crippen molar-refractivity contribution in [1.29, 1.82) is 0 Å². The van der Waals surface area contributed by atoms with Crippen molar-refractivity contribution in [3.8, 4) is 0 Å². The van der Waals surface area contributed by atoms with E-state index < -0.39 is 22.0 Å². The number of benzene rings is 1. The largest absolute Gasteiger partial charge is 0.481 e. The van der Waals surface area contributed by atoms with E-state index in [0.29, 0.717) is 12.0 Å². The molecule has 2 amide bonds. The zero-order valence-electron chi connectivity index (χ0n) is 13.1. The average Bonchev–Trinajstić information content (AvgIpc) is 2.49. The summed E-state index contributed by atoms with van der Waals surface area (Å²) in [6, 6.07) is 5.87. The van der Waals surface area contributed by atoms with Gasteiger partial charge in [-0.1, -0.05) is 12.1 Å². The summed E-state index contributed by atoms with van der Waals surface area (Å²) >= 11 is 0. The summed E-state index contributed by atoms with van der Waals surface area (Å²) in [5.74, 6) is -0.911. The van der Waals surface area contributed by atoms with Gasteiger partial charge in [-0.05, 0) is 24.1 Å². The number of hydrogen-bond acceptors (Lipinski definition) is 4. The minimum Gasteiger partial charge on any atom is -0.481 e. The van der Waals surface area contributed by atoms with Crippen LogP contribution in [0.2, 0.25) is 0 Å². The normalized spacial score (nSPS) is 11.3. The number of rotatable bonds is 8. The lowest BCUT2D eigenvalue weighted by molar-refractivity contribution is -0.137. The van der Waals surface area contributed by atoms with Gasteiger partial charge in [0.25, 0.3) is 0 Å². The van der Waals surface area contributed by atoms with E-state index >= 15 is 0 Å². The molecule has 9 heteroatoms. The second-order valence-electron chi connectivity index (χ2n) is 5.04. The molecule has 1 aromatic rings. The second-order valence-corrected chi connectivity index (χ2v) is 7.19. The van der Waals surface area contributed by atoms with Crippen LogP contribution in [0.5, 0.6) is 0 Å². The molecule has 0 unspecified atom stereocenters. The Bertz CT molecular complexity index is 658.